The lowest BCUT2D eigenvalue weighted by atomic mass is 9.99. The first kappa shape index (κ1) is 17.7. The Hall–Kier alpha value is -1.31. The zero-order valence-electron chi connectivity index (χ0n) is 14.3. The predicted octanol–water partition coefficient (Wildman–Crippen LogP) is 5.03. The summed E-state index contributed by atoms with van der Waals surface area (Å²) in [4.78, 5) is 11.6. The third-order valence-corrected chi connectivity index (χ3v) is 3.49. The number of benzene rings is 1. The smallest absolute Gasteiger partial charge is 0.132 e. The number of hydrogen-bond donors (Lipinski definition) is 0. The molecule has 0 atom stereocenters. The Morgan fingerprint density at radius 2 is 1.90 bits per heavy atom. The van der Waals surface area contributed by atoms with Gasteiger partial charge in [0.25, 0.3) is 0 Å². The number of ketones is 1. The van der Waals surface area contributed by atoms with Crippen molar-refractivity contribution in [1.82, 2.24) is 0 Å². The molecular weight excluding hydrogens is 260 g/mol. The van der Waals surface area contributed by atoms with E-state index in [9.17, 15) is 4.79 Å². The zero-order chi connectivity index (χ0) is 15.8. The summed E-state index contributed by atoms with van der Waals surface area (Å²) in [7, 11) is 0. The van der Waals surface area contributed by atoms with Crippen molar-refractivity contribution < 1.29 is 9.53 Å². The molecule has 0 aliphatic heterocycles. The molecule has 0 fully saturated rings. The van der Waals surface area contributed by atoms with Crippen LogP contribution in [0, 0.1) is 19.8 Å². The van der Waals surface area contributed by atoms with Crippen LogP contribution in [-0.2, 0) is 11.2 Å². The second kappa shape index (κ2) is 8.86. The number of Topliss-reactive ketones (excluding diaryl/α,β-unsaturated/α-hetero) is 1. The molecular formula is C19H30O2. The van der Waals surface area contributed by atoms with Gasteiger partial charge in [0.2, 0.25) is 0 Å². The molecule has 1 rings (SSSR count). The van der Waals surface area contributed by atoms with Gasteiger partial charge in [-0.25, -0.2) is 0 Å². The maximum absolute atomic E-state index is 11.6. The van der Waals surface area contributed by atoms with Gasteiger partial charge in [0.15, 0.2) is 0 Å². The van der Waals surface area contributed by atoms with Gasteiger partial charge < -0.3 is 4.74 Å². The Kier molecular flexibility index (Phi) is 7.49. The number of ether oxygens (including phenoxy) is 1. The van der Waals surface area contributed by atoms with E-state index in [-0.39, 0.29) is 0 Å². The van der Waals surface area contributed by atoms with Crippen LogP contribution < -0.4 is 4.74 Å². The molecule has 2 heteroatoms. The highest BCUT2D eigenvalue weighted by Crippen LogP contribution is 2.27. The molecule has 0 bridgehead atoms. The second-order valence-corrected chi connectivity index (χ2v) is 6.42. The van der Waals surface area contributed by atoms with Crippen molar-refractivity contribution in [3.8, 4) is 5.75 Å². The average Bonchev–Trinajstić information content (AvgIpc) is 2.37. The summed E-state index contributed by atoms with van der Waals surface area (Å²) in [5.74, 6) is 1.92. The fraction of sp³-hybridized carbons (Fsp3) is 0.632. The van der Waals surface area contributed by atoms with Crippen molar-refractivity contribution in [2.75, 3.05) is 6.61 Å². The molecule has 2 nitrogen and oxygen atoms in total. The molecule has 1 aromatic carbocycles. The van der Waals surface area contributed by atoms with Crippen LogP contribution >= 0.6 is 0 Å². The topological polar surface area (TPSA) is 26.3 Å². The van der Waals surface area contributed by atoms with Crippen LogP contribution in [-0.4, -0.2) is 12.4 Å². The maximum Gasteiger partial charge on any atom is 0.132 e. The van der Waals surface area contributed by atoms with E-state index in [0.717, 1.165) is 31.6 Å². The minimum absolute atomic E-state index is 0.381. The predicted molar refractivity (Wildman–Crippen MR) is 89.1 cm³/mol. The molecule has 0 saturated heterocycles. The van der Waals surface area contributed by atoms with Gasteiger partial charge in [-0.1, -0.05) is 38.5 Å². The largest absolute Gasteiger partial charge is 0.493 e. The van der Waals surface area contributed by atoms with Crippen LogP contribution in [0.15, 0.2) is 12.1 Å². The molecule has 0 aliphatic carbocycles. The Bertz CT molecular complexity index is 461. The average molecular weight is 290 g/mol. The normalized spacial score (nSPS) is 11.0. The summed E-state index contributed by atoms with van der Waals surface area (Å²) >= 11 is 0. The Morgan fingerprint density at radius 3 is 2.52 bits per heavy atom. The molecule has 1 aromatic rings. The van der Waals surface area contributed by atoms with Gasteiger partial charge in [-0.2, -0.15) is 0 Å². The number of rotatable bonds is 9. The van der Waals surface area contributed by atoms with Crippen molar-refractivity contribution in [1.29, 1.82) is 0 Å². The van der Waals surface area contributed by atoms with E-state index in [0.29, 0.717) is 24.5 Å². The van der Waals surface area contributed by atoms with Gasteiger partial charge in [0.1, 0.15) is 11.5 Å². The zero-order valence-corrected chi connectivity index (χ0v) is 14.3. The monoisotopic (exact) mass is 290 g/mol. The number of hydrogen-bond acceptors (Lipinski definition) is 2. The number of aryl methyl sites for hydroxylation is 3. The van der Waals surface area contributed by atoms with Gasteiger partial charge in [-0.05, 0) is 50.2 Å². The molecule has 0 unspecified atom stereocenters. The van der Waals surface area contributed by atoms with Crippen molar-refractivity contribution in [2.45, 2.75) is 66.7 Å². The molecule has 0 heterocycles. The highest BCUT2D eigenvalue weighted by atomic mass is 16.5. The molecule has 0 saturated carbocycles. The Labute approximate surface area is 129 Å². The highest BCUT2D eigenvalue weighted by molar-refractivity contribution is 5.78. The standard InChI is InChI=1S/C19H30O2/c1-6-8-18(20)10-7-9-17-12-15(4)11-16(5)19(17)21-13-14(2)3/h11-12,14H,6-10,13H2,1-5H3. The van der Waals surface area contributed by atoms with Gasteiger partial charge in [0.05, 0.1) is 6.61 Å². The van der Waals surface area contributed by atoms with Crippen molar-refractivity contribution >= 4 is 5.78 Å². The summed E-state index contributed by atoms with van der Waals surface area (Å²) in [5, 5.41) is 0. The molecule has 118 valence electrons. The Balaban J connectivity index is 2.72. The van der Waals surface area contributed by atoms with Gasteiger partial charge in [-0.3, -0.25) is 4.79 Å². The van der Waals surface area contributed by atoms with E-state index < -0.39 is 0 Å². The first-order chi connectivity index (χ1) is 9.93. The van der Waals surface area contributed by atoms with Crippen molar-refractivity contribution in [2.24, 2.45) is 5.92 Å². The minimum atomic E-state index is 0.381. The highest BCUT2D eigenvalue weighted by Gasteiger charge is 2.10. The van der Waals surface area contributed by atoms with Gasteiger partial charge >= 0.3 is 0 Å². The molecule has 21 heavy (non-hydrogen) atoms. The molecule has 0 amide bonds. The lowest BCUT2D eigenvalue weighted by Crippen LogP contribution is -2.08. The van der Waals surface area contributed by atoms with Gasteiger partial charge in [0, 0.05) is 12.8 Å². The first-order valence-corrected chi connectivity index (χ1v) is 8.18. The lowest BCUT2D eigenvalue weighted by Gasteiger charge is -2.16. The molecule has 0 N–H and O–H groups in total. The van der Waals surface area contributed by atoms with Crippen LogP contribution in [0.2, 0.25) is 0 Å². The van der Waals surface area contributed by atoms with Gasteiger partial charge in [-0.15, -0.1) is 0 Å². The van der Waals surface area contributed by atoms with Crippen LogP contribution in [0.3, 0.4) is 0 Å². The van der Waals surface area contributed by atoms with Crippen molar-refractivity contribution in [3.63, 3.8) is 0 Å². The summed E-state index contributed by atoms with van der Waals surface area (Å²) in [5.41, 5.74) is 3.71. The number of carbonyl (C=O) groups is 1. The van der Waals surface area contributed by atoms with E-state index >= 15 is 0 Å². The maximum atomic E-state index is 11.6. The van der Waals surface area contributed by atoms with E-state index in [4.69, 9.17) is 4.74 Å². The fourth-order valence-electron chi connectivity index (χ4n) is 2.56. The first-order valence-electron chi connectivity index (χ1n) is 8.18. The Morgan fingerprint density at radius 1 is 1.19 bits per heavy atom. The molecule has 0 radical (unpaired) electrons. The summed E-state index contributed by atoms with van der Waals surface area (Å²) in [6.07, 6.45) is 4.18. The minimum Gasteiger partial charge on any atom is -0.493 e. The van der Waals surface area contributed by atoms with E-state index in [2.05, 4.69) is 46.8 Å². The van der Waals surface area contributed by atoms with Crippen LogP contribution in [0.4, 0.5) is 0 Å². The molecule has 0 aliphatic rings. The van der Waals surface area contributed by atoms with Crippen LogP contribution in [0.5, 0.6) is 5.75 Å². The lowest BCUT2D eigenvalue weighted by molar-refractivity contribution is -0.119. The summed E-state index contributed by atoms with van der Waals surface area (Å²) < 4.78 is 6.00. The van der Waals surface area contributed by atoms with Crippen LogP contribution in [0.25, 0.3) is 0 Å². The van der Waals surface area contributed by atoms with E-state index in [1.165, 1.54) is 16.7 Å². The molecule has 0 spiro atoms. The number of carbonyl (C=O) groups excluding carboxylic acids is 1. The summed E-state index contributed by atoms with van der Waals surface area (Å²) in [6.45, 7) is 11.3. The SMILES string of the molecule is CCCC(=O)CCCc1cc(C)cc(C)c1OCC(C)C. The van der Waals surface area contributed by atoms with E-state index in [1.54, 1.807) is 0 Å². The van der Waals surface area contributed by atoms with Crippen LogP contribution in [0.1, 0.15) is 63.1 Å². The third-order valence-electron chi connectivity index (χ3n) is 3.49. The second-order valence-electron chi connectivity index (χ2n) is 6.42. The quantitative estimate of drug-likeness (QED) is 0.637. The molecule has 0 aromatic heterocycles. The van der Waals surface area contributed by atoms with Crippen molar-refractivity contribution in [3.05, 3.63) is 28.8 Å². The summed E-state index contributed by atoms with van der Waals surface area (Å²) in [6, 6.07) is 4.37. The van der Waals surface area contributed by atoms with E-state index in [1.807, 2.05) is 0 Å². The third kappa shape index (κ3) is 6.33. The fourth-order valence-corrected chi connectivity index (χ4v) is 2.56.